The van der Waals surface area contributed by atoms with E-state index in [1.807, 2.05) is 0 Å². The summed E-state index contributed by atoms with van der Waals surface area (Å²) in [5.74, 6) is 0.698. The summed E-state index contributed by atoms with van der Waals surface area (Å²) in [5.41, 5.74) is 0. The highest BCUT2D eigenvalue weighted by molar-refractivity contribution is 5.84. The summed E-state index contributed by atoms with van der Waals surface area (Å²) in [6, 6.07) is 0. The van der Waals surface area contributed by atoms with Crippen LogP contribution in [0.1, 0.15) is 56.0 Å². The molecule has 1 heterocycles. The van der Waals surface area contributed by atoms with E-state index in [9.17, 15) is 4.79 Å². The molecule has 0 aliphatic heterocycles. The predicted octanol–water partition coefficient (Wildman–Crippen LogP) is 1.89. The van der Waals surface area contributed by atoms with Gasteiger partial charge in [-0.1, -0.05) is 20.3 Å². The van der Waals surface area contributed by atoms with Gasteiger partial charge in [0.1, 0.15) is 5.82 Å². The van der Waals surface area contributed by atoms with E-state index in [1.165, 1.54) is 0 Å². The van der Waals surface area contributed by atoms with Gasteiger partial charge in [-0.25, -0.2) is 9.78 Å². The van der Waals surface area contributed by atoms with Crippen molar-refractivity contribution in [3.05, 3.63) is 11.6 Å². The van der Waals surface area contributed by atoms with Gasteiger partial charge in [0.2, 0.25) is 0 Å². The number of nitrogens with one attached hydrogen (secondary N) is 1. The highest BCUT2D eigenvalue weighted by Crippen LogP contribution is 2.16. The molecular formula is C10H17N3O2. The molecule has 0 aliphatic carbocycles. The van der Waals surface area contributed by atoms with Crippen molar-refractivity contribution in [2.75, 3.05) is 6.61 Å². The first-order valence-electron chi connectivity index (χ1n) is 5.28. The average molecular weight is 211 g/mol. The summed E-state index contributed by atoms with van der Waals surface area (Å²) in [5, 5.41) is 6.60. The van der Waals surface area contributed by atoms with E-state index in [1.54, 1.807) is 6.92 Å². The molecule has 1 N–H and O–H groups in total. The fourth-order valence-corrected chi connectivity index (χ4v) is 1.35. The smallest absolute Gasteiger partial charge is 0.378 e. The van der Waals surface area contributed by atoms with Gasteiger partial charge in [-0.05, 0) is 13.3 Å². The minimum atomic E-state index is -0.469. The molecule has 1 atom stereocenters. The fourth-order valence-electron chi connectivity index (χ4n) is 1.35. The highest BCUT2D eigenvalue weighted by atomic mass is 16.5. The van der Waals surface area contributed by atoms with Gasteiger partial charge in [0.25, 0.3) is 5.82 Å². The maximum absolute atomic E-state index is 11.3. The Morgan fingerprint density at radius 2 is 2.27 bits per heavy atom. The lowest BCUT2D eigenvalue weighted by Gasteiger charge is -2.03. The summed E-state index contributed by atoms with van der Waals surface area (Å²) in [4.78, 5) is 15.4. The Kier molecular flexibility index (Phi) is 4.27. The van der Waals surface area contributed by atoms with E-state index < -0.39 is 5.97 Å². The monoisotopic (exact) mass is 211 g/mol. The molecule has 0 saturated carbocycles. The summed E-state index contributed by atoms with van der Waals surface area (Å²) in [7, 11) is 0. The molecule has 1 aromatic heterocycles. The largest absolute Gasteiger partial charge is 0.460 e. The van der Waals surface area contributed by atoms with Crippen LogP contribution in [0.4, 0.5) is 0 Å². The normalized spacial score (nSPS) is 12.5. The Morgan fingerprint density at radius 1 is 1.53 bits per heavy atom. The minimum Gasteiger partial charge on any atom is -0.460 e. The Hall–Kier alpha value is -1.39. The SMILES string of the molecule is CCCC(C)c1nc(C(=O)OCC)n[nH]1. The van der Waals surface area contributed by atoms with Gasteiger partial charge in [-0.15, -0.1) is 5.10 Å². The molecule has 0 aliphatic rings. The third kappa shape index (κ3) is 3.04. The van der Waals surface area contributed by atoms with Crippen molar-refractivity contribution in [1.82, 2.24) is 15.2 Å². The van der Waals surface area contributed by atoms with Crippen LogP contribution in [-0.4, -0.2) is 27.8 Å². The van der Waals surface area contributed by atoms with Crippen LogP contribution in [0.25, 0.3) is 0 Å². The zero-order valence-electron chi connectivity index (χ0n) is 9.41. The van der Waals surface area contributed by atoms with Gasteiger partial charge in [0, 0.05) is 5.92 Å². The molecule has 0 amide bonds. The van der Waals surface area contributed by atoms with Crippen LogP contribution >= 0.6 is 0 Å². The first kappa shape index (κ1) is 11.7. The van der Waals surface area contributed by atoms with E-state index in [2.05, 4.69) is 29.0 Å². The van der Waals surface area contributed by atoms with Crippen molar-refractivity contribution < 1.29 is 9.53 Å². The second-order valence-corrected chi connectivity index (χ2v) is 3.45. The minimum absolute atomic E-state index is 0.120. The van der Waals surface area contributed by atoms with Gasteiger partial charge < -0.3 is 4.74 Å². The van der Waals surface area contributed by atoms with Crippen molar-refractivity contribution in [2.24, 2.45) is 0 Å². The number of nitrogens with zero attached hydrogens (tertiary/aromatic N) is 2. The van der Waals surface area contributed by atoms with Crippen LogP contribution in [0, 0.1) is 0 Å². The van der Waals surface area contributed by atoms with Crippen LogP contribution in [0.5, 0.6) is 0 Å². The van der Waals surface area contributed by atoms with E-state index in [0.717, 1.165) is 18.7 Å². The van der Waals surface area contributed by atoms with Crippen LogP contribution in [0.15, 0.2) is 0 Å². The first-order chi connectivity index (χ1) is 7.19. The van der Waals surface area contributed by atoms with Gasteiger partial charge >= 0.3 is 5.97 Å². The summed E-state index contributed by atoms with van der Waals surface area (Å²) in [6.45, 7) is 6.26. The number of aromatic amines is 1. The van der Waals surface area contributed by atoms with Gasteiger partial charge in [-0.2, -0.15) is 0 Å². The maximum Gasteiger partial charge on any atom is 0.378 e. The number of esters is 1. The molecule has 1 unspecified atom stereocenters. The van der Waals surface area contributed by atoms with Crippen molar-refractivity contribution >= 4 is 5.97 Å². The van der Waals surface area contributed by atoms with Crippen molar-refractivity contribution in [1.29, 1.82) is 0 Å². The molecule has 1 aromatic rings. The van der Waals surface area contributed by atoms with E-state index in [-0.39, 0.29) is 5.82 Å². The second-order valence-electron chi connectivity index (χ2n) is 3.45. The lowest BCUT2D eigenvalue weighted by atomic mass is 10.1. The van der Waals surface area contributed by atoms with Crippen LogP contribution in [-0.2, 0) is 4.74 Å². The molecule has 15 heavy (non-hydrogen) atoms. The van der Waals surface area contributed by atoms with Gasteiger partial charge in [0.15, 0.2) is 0 Å². The highest BCUT2D eigenvalue weighted by Gasteiger charge is 2.16. The summed E-state index contributed by atoms with van der Waals surface area (Å²) < 4.78 is 4.80. The Labute approximate surface area is 89.2 Å². The number of H-pyrrole nitrogens is 1. The van der Waals surface area contributed by atoms with Crippen LogP contribution in [0.2, 0.25) is 0 Å². The molecule has 0 fully saturated rings. The number of rotatable bonds is 5. The number of ether oxygens (including phenoxy) is 1. The summed E-state index contributed by atoms with van der Waals surface area (Å²) in [6.07, 6.45) is 2.11. The molecule has 0 aromatic carbocycles. The number of hydrogen-bond acceptors (Lipinski definition) is 4. The third-order valence-electron chi connectivity index (χ3n) is 2.15. The molecular weight excluding hydrogens is 194 g/mol. The molecule has 84 valence electrons. The lowest BCUT2D eigenvalue weighted by molar-refractivity contribution is 0.0512. The molecule has 0 bridgehead atoms. The van der Waals surface area contributed by atoms with Crippen LogP contribution < -0.4 is 0 Å². The first-order valence-corrected chi connectivity index (χ1v) is 5.28. The topological polar surface area (TPSA) is 67.9 Å². The number of aromatic nitrogens is 3. The number of carbonyl (C=O) groups is 1. The lowest BCUT2D eigenvalue weighted by Crippen LogP contribution is -2.07. The average Bonchev–Trinajstić information content (AvgIpc) is 2.67. The quantitative estimate of drug-likeness (QED) is 0.755. The summed E-state index contributed by atoms with van der Waals surface area (Å²) >= 11 is 0. The Morgan fingerprint density at radius 3 is 2.87 bits per heavy atom. The fraction of sp³-hybridized carbons (Fsp3) is 0.700. The molecule has 5 heteroatoms. The van der Waals surface area contributed by atoms with Crippen molar-refractivity contribution in [2.45, 2.75) is 39.5 Å². The Bertz CT molecular complexity index is 322. The predicted molar refractivity (Wildman–Crippen MR) is 55.7 cm³/mol. The Balaban J connectivity index is 2.67. The second kappa shape index (κ2) is 5.48. The van der Waals surface area contributed by atoms with Gasteiger partial charge in [0.05, 0.1) is 6.61 Å². The maximum atomic E-state index is 11.3. The number of hydrogen-bond donors (Lipinski definition) is 1. The third-order valence-corrected chi connectivity index (χ3v) is 2.15. The number of carbonyl (C=O) groups excluding carboxylic acids is 1. The zero-order valence-corrected chi connectivity index (χ0v) is 9.41. The molecule has 0 radical (unpaired) electrons. The molecule has 5 nitrogen and oxygen atoms in total. The van der Waals surface area contributed by atoms with Crippen LogP contribution in [0.3, 0.4) is 0 Å². The molecule has 0 spiro atoms. The van der Waals surface area contributed by atoms with Crippen molar-refractivity contribution in [3.63, 3.8) is 0 Å². The van der Waals surface area contributed by atoms with Crippen molar-refractivity contribution in [3.8, 4) is 0 Å². The van der Waals surface area contributed by atoms with E-state index in [4.69, 9.17) is 4.74 Å². The molecule has 1 rings (SSSR count). The van der Waals surface area contributed by atoms with Gasteiger partial charge in [-0.3, -0.25) is 5.10 Å². The zero-order chi connectivity index (χ0) is 11.3. The standard InChI is InChI=1S/C10H17N3O2/c1-4-6-7(3)8-11-9(13-12-8)10(14)15-5-2/h7H,4-6H2,1-3H3,(H,11,12,13). The molecule has 0 saturated heterocycles. The van der Waals surface area contributed by atoms with E-state index in [0.29, 0.717) is 12.5 Å². The van der Waals surface area contributed by atoms with E-state index >= 15 is 0 Å².